The molecule has 4 rings (SSSR count). The first-order valence-electron chi connectivity index (χ1n) is 10.4. The molecule has 0 unspecified atom stereocenters. The molecule has 0 atom stereocenters. The van der Waals surface area contributed by atoms with Gasteiger partial charge in [-0.05, 0) is 58.2 Å². The zero-order valence-electron chi connectivity index (χ0n) is 17.4. The Morgan fingerprint density at radius 2 is 2.00 bits per heavy atom. The van der Waals surface area contributed by atoms with Gasteiger partial charge in [-0.2, -0.15) is 4.31 Å². The maximum absolute atomic E-state index is 12.6. The molecule has 1 fully saturated rings. The molecule has 0 saturated heterocycles. The summed E-state index contributed by atoms with van der Waals surface area (Å²) in [5, 5.41) is 0.915. The lowest BCUT2D eigenvalue weighted by Crippen LogP contribution is -2.37. The van der Waals surface area contributed by atoms with Gasteiger partial charge in [0.1, 0.15) is 17.3 Å². The molecule has 29 heavy (non-hydrogen) atoms. The smallest absolute Gasteiger partial charge is 0.225 e. The Hall–Kier alpha value is -1.29. The van der Waals surface area contributed by atoms with Crippen LogP contribution in [-0.4, -0.2) is 66.1 Å². The third-order valence-corrected chi connectivity index (χ3v) is 9.29. The van der Waals surface area contributed by atoms with Gasteiger partial charge in [0.15, 0.2) is 0 Å². The van der Waals surface area contributed by atoms with Crippen LogP contribution in [0.25, 0.3) is 10.2 Å². The summed E-state index contributed by atoms with van der Waals surface area (Å²) in [4.78, 5) is 13.3. The lowest BCUT2D eigenvalue weighted by atomic mass is 9.92. The van der Waals surface area contributed by atoms with Gasteiger partial charge in [-0.15, -0.1) is 11.3 Å². The van der Waals surface area contributed by atoms with Gasteiger partial charge in [0.05, 0.1) is 11.1 Å². The van der Waals surface area contributed by atoms with Gasteiger partial charge in [-0.3, -0.25) is 0 Å². The van der Waals surface area contributed by atoms with E-state index in [1.54, 1.807) is 22.0 Å². The van der Waals surface area contributed by atoms with E-state index in [0.717, 1.165) is 47.9 Å². The van der Waals surface area contributed by atoms with Gasteiger partial charge >= 0.3 is 0 Å². The number of fused-ring (bicyclic) bond motifs is 3. The highest BCUT2D eigenvalue weighted by molar-refractivity contribution is 7.89. The van der Waals surface area contributed by atoms with Crippen LogP contribution in [0, 0.1) is 0 Å². The summed E-state index contributed by atoms with van der Waals surface area (Å²) in [6.07, 6.45) is 7.35. The molecule has 2 aromatic heterocycles. The standard InChI is InChI=1S/C20H30N4O3S2/c1-4-11-29(25,26)24-10-9-17-16(12-24)18-19(21-13-22-20(18)28-17)27-15-7-5-14(6-8-15)23(2)3/h13-15H,4-12H2,1-3H3. The van der Waals surface area contributed by atoms with Crippen LogP contribution in [0.3, 0.4) is 0 Å². The van der Waals surface area contributed by atoms with Crippen LogP contribution in [0.2, 0.25) is 0 Å². The van der Waals surface area contributed by atoms with Gasteiger partial charge in [0, 0.05) is 24.0 Å². The first-order chi connectivity index (χ1) is 13.9. The number of ether oxygens (including phenoxy) is 1. The molecule has 0 bridgehead atoms. The van der Waals surface area contributed by atoms with E-state index >= 15 is 0 Å². The van der Waals surface area contributed by atoms with Crippen molar-refractivity contribution in [3.63, 3.8) is 0 Å². The van der Waals surface area contributed by atoms with Crippen LogP contribution in [0.4, 0.5) is 0 Å². The van der Waals surface area contributed by atoms with Crippen LogP contribution in [-0.2, 0) is 23.0 Å². The Morgan fingerprint density at radius 1 is 1.24 bits per heavy atom. The van der Waals surface area contributed by atoms with Crippen molar-refractivity contribution in [2.75, 3.05) is 26.4 Å². The summed E-state index contributed by atoms with van der Waals surface area (Å²) in [5.74, 6) is 0.815. The van der Waals surface area contributed by atoms with E-state index in [1.807, 2.05) is 6.92 Å². The second kappa shape index (κ2) is 8.45. The fraction of sp³-hybridized carbons (Fsp3) is 0.700. The molecule has 9 heteroatoms. The minimum absolute atomic E-state index is 0.156. The van der Waals surface area contributed by atoms with Crippen molar-refractivity contribution in [1.29, 1.82) is 0 Å². The SMILES string of the molecule is CCCS(=O)(=O)N1CCc2sc3ncnc(OC4CCC(N(C)C)CC4)c3c2C1. The summed E-state index contributed by atoms with van der Waals surface area (Å²) in [6, 6.07) is 0.617. The minimum atomic E-state index is -3.23. The van der Waals surface area contributed by atoms with Crippen molar-refractivity contribution >= 4 is 31.6 Å². The third-order valence-electron chi connectivity index (χ3n) is 6.07. The average Bonchev–Trinajstić information content (AvgIpc) is 3.07. The topological polar surface area (TPSA) is 75.6 Å². The number of rotatable bonds is 6. The van der Waals surface area contributed by atoms with E-state index in [2.05, 4.69) is 29.0 Å². The number of sulfonamides is 1. The number of hydrogen-bond acceptors (Lipinski definition) is 7. The molecule has 0 radical (unpaired) electrons. The fourth-order valence-electron chi connectivity index (χ4n) is 4.41. The van der Waals surface area contributed by atoms with E-state index in [0.29, 0.717) is 31.4 Å². The molecule has 7 nitrogen and oxygen atoms in total. The molecular weight excluding hydrogens is 408 g/mol. The number of aromatic nitrogens is 2. The minimum Gasteiger partial charge on any atom is -0.474 e. The molecule has 1 aliphatic heterocycles. The lowest BCUT2D eigenvalue weighted by molar-refractivity contribution is 0.108. The van der Waals surface area contributed by atoms with E-state index < -0.39 is 10.0 Å². The average molecular weight is 439 g/mol. The second-order valence-electron chi connectivity index (χ2n) is 8.27. The Kier molecular flexibility index (Phi) is 6.11. The summed E-state index contributed by atoms with van der Waals surface area (Å²) in [6.45, 7) is 2.84. The third kappa shape index (κ3) is 4.28. The summed E-state index contributed by atoms with van der Waals surface area (Å²) in [5.41, 5.74) is 1.04. The summed E-state index contributed by atoms with van der Waals surface area (Å²) < 4.78 is 33.2. The van der Waals surface area contributed by atoms with Gasteiger partial charge in [-0.1, -0.05) is 6.92 Å². The van der Waals surface area contributed by atoms with Crippen molar-refractivity contribution in [3.05, 3.63) is 16.8 Å². The number of nitrogens with zero attached hydrogens (tertiary/aromatic N) is 4. The molecule has 2 aromatic rings. The molecule has 0 N–H and O–H groups in total. The Bertz CT molecular complexity index is 966. The zero-order chi connectivity index (χ0) is 20.6. The van der Waals surface area contributed by atoms with E-state index in [-0.39, 0.29) is 11.9 Å². The first-order valence-corrected chi connectivity index (χ1v) is 12.9. The normalized spacial score (nSPS) is 23.4. The largest absolute Gasteiger partial charge is 0.474 e. The van der Waals surface area contributed by atoms with Gasteiger partial charge < -0.3 is 9.64 Å². The molecule has 1 aliphatic carbocycles. The molecule has 0 aromatic carbocycles. The van der Waals surface area contributed by atoms with Crippen LogP contribution < -0.4 is 4.74 Å². The highest BCUT2D eigenvalue weighted by Gasteiger charge is 2.31. The van der Waals surface area contributed by atoms with Crippen molar-refractivity contribution in [2.45, 2.75) is 64.1 Å². The monoisotopic (exact) mass is 438 g/mol. The number of thiophene rings is 1. The molecule has 1 saturated carbocycles. The summed E-state index contributed by atoms with van der Waals surface area (Å²) >= 11 is 1.65. The van der Waals surface area contributed by atoms with E-state index in [1.165, 1.54) is 4.88 Å². The highest BCUT2D eigenvalue weighted by Crippen LogP contribution is 2.39. The summed E-state index contributed by atoms with van der Waals surface area (Å²) in [7, 11) is 1.04. The molecule has 0 spiro atoms. The van der Waals surface area contributed by atoms with Gasteiger partial charge in [0.2, 0.25) is 15.9 Å². The van der Waals surface area contributed by atoms with Crippen LogP contribution >= 0.6 is 11.3 Å². The first kappa shape index (κ1) is 21.0. The Balaban J connectivity index is 1.59. The Morgan fingerprint density at radius 3 is 2.69 bits per heavy atom. The molecule has 160 valence electrons. The van der Waals surface area contributed by atoms with Crippen molar-refractivity contribution in [3.8, 4) is 5.88 Å². The highest BCUT2D eigenvalue weighted by atomic mass is 32.2. The lowest BCUT2D eigenvalue weighted by Gasteiger charge is -2.32. The quantitative estimate of drug-likeness (QED) is 0.690. The maximum Gasteiger partial charge on any atom is 0.225 e. The van der Waals surface area contributed by atoms with Crippen LogP contribution in [0.15, 0.2) is 6.33 Å². The number of hydrogen-bond donors (Lipinski definition) is 0. The predicted octanol–water partition coefficient (Wildman–Crippen LogP) is 3.04. The maximum atomic E-state index is 12.6. The second-order valence-corrected chi connectivity index (χ2v) is 11.4. The molecule has 3 heterocycles. The van der Waals surface area contributed by atoms with Gasteiger partial charge in [0.25, 0.3) is 0 Å². The molecule has 0 amide bonds. The molecule has 2 aliphatic rings. The van der Waals surface area contributed by atoms with Crippen LogP contribution in [0.1, 0.15) is 49.5 Å². The fourth-order valence-corrected chi connectivity index (χ4v) is 7.01. The van der Waals surface area contributed by atoms with Crippen molar-refractivity contribution in [1.82, 2.24) is 19.2 Å². The van der Waals surface area contributed by atoms with Gasteiger partial charge in [-0.25, -0.2) is 18.4 Å². The predicted molar refractivity (Wildman–Crippen MR) is 116 cm³/mol. The zero-order valence-corrected chi connectivity index (χ0v) is 19.1. The van der Waals surface area contributed by atoms with E-state index in [9.17, 15) is 8.42 Å². The van der Waals surface area contributed by atoms with Crippen molar-refractivity contribution in [2.24, 2.45) is 0 Å². The van der Waals surface area contributed by atoms with E-state index in [4.69, 9.17) is 4.74 Å². The van der Waals surface area contributed by atoms with Crippen LogP contribution in [0.5, 0.6) is 5.88 Å². The molecular formula is C20H30N4O3S2. The van der Waals surface area contributed by atoms with Crippen molar-refractivity contribution < 1.29 is 13.2 Å². The Labute approximate surface area is 177 Å².